The summed E-state index contributed by atoms with van der Waals surface area (Å²) in [4.78, 5) is 1.77. The van der Waals surface area contributed by atoms with Crippen LogP contribution in [0.4, 0.5) is 0 Å². The van der Waals surface area contributed by atoms with Crippen LogP contribution in [0.1, 0.15) is 20.8 Å². The second kappa shape index (κ2) is 8.15. The molecule has 0 amide bonds. The summed E-state index contributed by atoms with van der Waals surface area (Å²) in [5.74, 6) is 2.66. The monoisotopic (exact) mass is 416 g/mol. The Hall–Kier alpha value is -2.65. The van der Waals surface area contributed by atoms with Crippen molar-refractivity contribution in [2.75, 3.05) is 19.8 Å². The highest BCUT2D eigenvalue weighted by atomic mass is 32.1. The van der Waals surface area contributed by atoms with Crippen LogP contribution in [0, 0.1) is 0 Å². The van der Waals surface area contributed by atoms with E-state index in [1.165, 1.54) is 11.3 Å². The molecule has 3 aromatic heterocycles. The van der Waals surface area contributed by atoms with Crippen molar-refractivity contribution in [3.05, 3.63) is 29.6 Å². The van der Waals surface area contributed by atoms with Crippen LogP contribution in [0.5, 0.6) is 17.2 Å². The number of ether oxygens (including phenoxy) is 3. The van der Waals surface area contributed by atoms with Crippen molar-refractivity contribution in [3.8, 4) is 38.5 Å². The Morgan fingerprint density at radius 1 is 0.964 bits per heavy atom. The molecule has 9 heteroatoms. The molecule has 0 unspecified atom stereocenters. The maximum absolute atomic E-state index is 5.82. The summed E-state index contributed by atoms with van der Waals surface area (Å²) < 4.78 is 19.2. The normalized spacial score (nSPS) is 11.1. The number of nitrogens with zero attached hydrogens (tertiary/aromatic N) is 4. The van der Waals surface area contributed by atoms with Gasteiger partial charge in [0, 0.05) is 5.56 Å². The number of aromatic nitrogens is 4. The van der Waals surface area contributed by atoms with Crippen molar-refractivity contribution in [2.45, 2.75) is 20.8 Å². The topological polar surface area (TPSA) is 70.8 Å². The molecule has 0 fully saturated rings. The van der Waals surface area contributed by atoms with Gasteiger partial charge in [-0.3, -0.25) is 0 Å². The minimum absolute atomic E-state index is 0.528. The third-order valence-corrected chi connectivity index (χ3v) is 5.70. The molecule has 0 atom stereocenters. The highest BCUT2D eigenvalue weighted by Crippen LogP contribution is 2.43. The Morgan fingerprint density at radius 2 is 1.68 bits per heavy atom. The van der Waals surface area contributed by atoms with Crippen LogP contribution < -0.4 is 14.2 Å². The van der Waals surface area contributed by atoms with Gasteiger partial charge in [0.25, 0.3) is 0 Å². The van der Waals surface area contributed by atoms with Crippen molar-refractivity contribution in [1.29, 1.82) is 0 Å². The maximum Gasteiger partial charge on any atom is 0.235 e. The standard InChI is InChI=1S/C19H20N4O3S2/c1-4-24-13-10-12(11-14(25-5-2)16(13)26-6-3)18-22-23-17(15-8-7-9-27-15)20-21-19(23)28-18/h7-11H,4-6H2,1-3H3. The second-order valence-corrected chi connectivity index (χ2v) is 7.61. The average Bonchev–Trinajstić information content (AvgIpc) is 3.41. The lowest BCUT2D eigenvalue weighted by Crippen LogP contribution is -2.03. The van der Waals surface area contributed by atoms with Crippen LogP contribution >= 0.6 is 22.7 Å². The molecule has 4 aromatic rings. The lowest BCUT2D eigenvalue weighted by molar-refractivity contribution is 0.261. The summed E-state index contributed by atoms with van der Waals surface area (Å²) in [6.45, 7) is 7.42. The van der Waals surface area contributed by atoms with Gasteiger partial charge in [0.05, 0.1) is 24.7 Å². The van der Waals surface area contributed by atoms with Gasteiger partial charge in [0.2, 0.25) is 10.7 Å². The van der Waals surface area contributed by atoms with Crippen LogP contribution in [0.3, 0.4) is 0 Å². The number of fused-ring (bicyclic) bond motifs is 1. The molecular formula is C19H20N4O3S2. The average molecular weight is 417 g/mol. The fourth-order valence-corrected chi connectivity index (χ4v) is 4.33. The van der Waals surface area contributed by atoms with Gasteiger partial charge < -0.3 is 14.2 Å². The zero-order chi connectivity index (χ0) is 19.5. The first kappa shape index (κ1) is 18.7. The van der Waals surface area contributed by atoms with Gasteiger partial charge in [0.1, 0.15) is 5.01 Å². The van der Waals surface area contributed by atoms with Gasteiger partial charge in [-0.15, -0.1) is 21.5 Å². The quantitative estimate of drug-likeness (QED) is 0.412. The molecule has 4 rings (SSSR count). The van der Waals surface area contributed by atoms with E-state index in [0.29, 0.717) is 37.1 Å². The van der Waals surface area contributed by atoms with Crippen molar-refractivity contribution >= 4 is 27.6 Å². The van der Waals surface area contributed by atoms with E-state index >= 15 is 0 Å². The van der Waals surface area contributed by atoms with E-state index in [9.17, 15) is 0 Å². The van der Waals surface area contributed by atoms with E-state index in [1.54, 1.807) is 15.9 Å². The predicted molar refractivity (Wildman–Crippen MR) is 111 cm³/mol. The Labute approximate surface area is 170 Å². The van der Waals surface area contributed by atoms with Gasteiger partial charge in [-0.2, -0.15) is 9.61 Å². The zero-order valence-electron chi connectivity index (χ0n) is 15.8. The fraction of sp³-hybridized carbons (Fsp3) is 0.316. The number of thiophene rings is 1. The molecule has 3 heterocycles. The van der Waals surface area contributed by atoms with Crippen molar-refractivity contribution in [1.82, 2.24) is 19.8 Å². The van der Waals surface area contributed by atoms with Crippen molar-refractivity contribution in [3.63, 3.8) is 0 Å². The van der Waals surface area contributed by atoms with Gasteiger partial charge in [-0.25, -0.2) is 0 Å². The second-order valence-electron chi connectivity index (χ2n) is 5.70. The maximum atomic E-state index is 5.82. The molecule has 0 aliphatic carbocycles. The van der Waals surface area contributed by atoms with Crippen LogP contribution in [0.15, 0.2) is 29.6 Å². The number of hydrogen-bond donors (Lipinski definition) is 0. The van der Waals surface area contributed by atoms with Crippen LogP contribution in [-0.2, 0) is 0 Å². The largest absolute Gasteiger partial charge is 0.490 e. The number of benzene rings is 1. The Balaban J connectivity index is 1.81. The summed E-state index contributed by atoms with van der Waals surface area (Å²) in [5, 5.41) is 16.1. The minimum Gasteiger partial charge on any atom is -0.490 e. The summed E-state index contributed by atoms with van der Waals surface area (Å²) in [7, 11) is 0. The molecule has 0 saturated heterocycles. The Kier molecular flexibility index (Phi) is 5.45. The minimum atomic E-state index is 0.528. The molecule has 0 aliphatic rings. The Bertz CT molecular complexity index is 1050. The van der Waals surface area contributed by atoms with E-state index in [2.05, 4.69) is 10.2 Å². The third kappa shape index (κ3) is 3.43. The SMILES string of the molecule is CCOc1cc(-c2nn3c(-c4cccs4)nnc3s2)cc(OCC)c1OCC. The summed E-state index contributed by atoms with van der Waals surface area (Å²) in [6.07, 6.45) is 0. The number of hydrogen-bond acceptors (Lipinski definition) is 8. The molecule has 28 heavy (non-hydrogen) atoms. The fourth-order valence-electron chi connectivity index (χ4n) is 2.81. The molecule has 0 aliphatic heterocycles. The van der Waals surface area contributed by atoms with Gasteiger partial charge in [-0.05, 0) is 44.4 Å². The summed E-state index contributed by atoms with van der Waals surface area (Å²) in [6, 6.07) is 7.88. The van der Waals surface area contributed by atoms with E-state index in [1.807, 2.05) is 50.4 Å². The van der Waals surface area contributed by atoms with Gasteiger partial charge in [-0.1, -0.05) is 17.4 Å². The van der Waals surface area contributed by atoms with Crippen LogP contribution in [-0.4, -0.2) is 39.6 Å². The molecule has 0 spiro atoms. The molecule has 1 aromatic carbocycles. The summed E-state index contributed by atoms with van der Waals surface area (Å²) in [5.41, 5.74) is 0.892. The third-order valence-electron chi connectivity index (χ3n) is 3.89. The van der Waals surface area contributed by atoms with Crippen LogP contribution in [0.2, 0.25) is 0 Å². The van der Waals surface area contributed by atoms with E-state index < -0.39 is 0 Å². The highest BCUT2D eigenvalue weighted by Gasteiger charge is 2.20. The highest BCUT2D eigenvalue weighted by molar-refractivity contribution is 7.20. The van der Waals surface area contributed by atoms with Gasteiger partial charge in [0.15, 0.2) is 17.3 Å². The molecule has 7 nitrogen and oxygen atoms in total. The molecule has 146 valence electrons. The zero-order valence-corrected chi connectivity index (χ0v) is 17.5. The lowest BCUT2D eigenvalue weighted by atomic mass is 10.2. The van der Waals surface area contributed by atoms with E-state index in [0.717, 1.165) is 26.2 Å². The predicted octanol–water partition coefficient (Wildman–Crippen LogP) is 4.78. The molecule has 0 saturated carbocycles. The van der Waals surface area contributed by atoms with Crippen molar-refractivity contribution in [2.24, 2.45) is 0 Å². The molecular weight excluding hydrogens is 396 g/mol. The molecule has 0 bridgehead atoms. The van der Waals surface area contributed by atoms with E-state index in [-0.39, 0.29) is 0 Å². The first-order valence-corrected chi connectivity index (χ1v) is 10.8. The first-order chi connectivity index (χ1) is 13.7. The van der Waals surface area contributed by atoms with Gasteiger partial charge >= 0.3 is 0 Å². The first-order valence-electron chi connectivity index (χ1n) is 9.08. The number of rotatable bonds is 8. The molecule has 0 N–H and O–H groups in total. The van der Waals surface area contributed by atoms with E-state index in [4.69, 9.17) is 19.3 Å². The van der Waals surface area contributed by atoms with Crippen molar-refractivity contribution < 1.29 is 14.2 Å². The Morgan fingerprint density at radius 3 is 2.29 bits per heavy atom. The molecule has 0 radical (unpaired) electrons. The lowest BCUT2D eigenvalue weighted by Gasteiger charge is -2.16. The smallest absolute Gasteiger partial charge is 0.235 e. The summed E-state index contributed by atoms with van der Waals surface area (Å²) >= 11 is 3.08. The van der Waals surface area contributed by atoms with Crippen LogP contribution in [0.25, 0.3) is 26.2 Å².